The highest BCUT2D eigenvalue weighted by atomic mass is 32.2. The number of aromatic nitrogens is 1. The first-order chi connectivity index (χ1) is 25.2. The fourth-order valence-corrected chi connectivity index (χ4v) is 9.55. The lowest BCUT2D eigenvalue weighted by Crippen LogP contribution is -2.59. The molecule has 4 N–H and O–H groups in total. The predicted molar refractivity (Wildman–Crippen MR) is 195 cm³/mol. The first-order valence-corrected chi connectivity index (χ1v) is 20.3. The molecule has 15 heteroatoms. The van der Waals surface area contributed by atoms with Gasteiger partial charge in [0.25, 0.3) is 5.91 Å². The van der Waals surface area contributed by atoms with Gasteiger partial charge in [-0.2, -0.15) is 4.98 Å². The smallest absolute Gasteiger partial charge is 0.405 e. The number of hydrogen-bond acceptors (Lipinski definition) is 9. The second kappa shape index (κ2) is 14.1. The van der Waals surface area contributed by atoms with Crippen LogP contribution < -0.4 is 24.8 Å². The zero-order valence-electron chi connectivity index (χ0n) is 30.4. The maximum Gasteiger partial charge on any atom is 0.405 e. The summed E-state index contributed by atoms with van der Waals surface area (Å²) in [5.41, 5.74) is -0.548. The van der Waals surface area contributed by atoms with E-state index in [1.807, 2.05) is 43.3 Å². The van der Waals surface area contributed by atoms with Crippen molar-refractivity contribution in [1.29, 1.82) is 0 Å². The molecule has 0 spiro atoms. The summed E-state index contributed by atoms with van der Waals surface area (Å²) in [7, 11) is -4.00. The van der Waals surface area contributed by atoms with Gasteiger partial charge in [-0.05, 0) is 81.6 Å². The molecule has 1 aromatic carbocycles. The Kier molecular flexibility index (Phi) is 9.83. The third-order valence-corrected chi connectivity index (χ3v) is 14.1. The van der Waals surface area contributed by atoms with Gasteiger partial charge in [-0.15, -0.1) is 0 Å². The number of fused-ring (bicyclic) bond motifs is 5. The van der Waals surface area contributed by atoms with Crippen LogP contribution in [0.5, 0.6) is 11.8 Å². The van der Waals surface area contributed by atoms with Gasteiger partial charge in [0.2, 0.25) is 33.6 Å². The minimum atomic E-state index is -4.00. The Bertz CT molecular complexity index is 1950. The number of carboxylic acid groups (broad SMARTS) is 1. The standard InChI is InChI=1S/C38H49N5O9S/c1-4-23-18-22(2)10-5-6-11-24-20-38(24,35(46)42-53(49,50)37(3)15-16-37)41-31(44)29-19-25(21-43(29)34(45)30(23)39-36(47)48)52-33-28-13-8-7-12-26(28)27-14-9-17-51-32(27)40-33/h6-8,11-13,22-25,29-30,39H,4-5,9-10,14-21H2,1-3H3,(H,41,44)(H,42,46)(H,47,48)/b11-6-/t22-,23-,24-,25-,29+,30+,38-/m1/s1. The van der Waals surface area contributed by atoms with Crippen LogP contribution in [0.4, 0.5) is 4.79 Å². The number of pyridine rings is 1. The minimum absolute atomic E-state index is 0.0209. The molecule has 1 aromatic heterocycles. The number of sulfonamides is 1. The number of nitrogens with one attached hydrogen (secondary N) is 3. The Morgan fingerprint density at radius 1 is 1.17 bits per heavy atom. The van der Waals surface area contributed by atoms with Gasteiger partial charge >= 0.3 is 6.09 Å². The second-order valence-corrected chi connectivity index (χ2v) is 18.0. The molecule has 7 rings (SSSR count). The highest BCUT2D eigenvalue weighted by Gasteiger charge is 2.63. The number of amides is 4. The van der Waals surface area contributed by atoms with Gasteiger partial charge in [0.05, 0.1) is 17.9 Å². The fraction of sp³-hybridized carbons (Fsp3) is 0.605. The third kappa shape index (κ3) is 7.16. The second-order valence-electron chi connectivity index (χ2n) is 15.8. The quantitative estimate of drug-likeness (QED) is 0.303. The molecule has 2 aliphatic carbocycles. The van der Waals surface area contributed by atoms with Crippen molar-refractivity contribution < 1.29 is 42.2 Å². The molecule has 4 heterocycles. The van der Waals surface area contributed by atoms with Gasteiger partial charge in [-0.25, -0.2) is 13.2 Å². The van der Waals surface area contributed by atoms with Crippen LogP contribution in [-0.2, 0) is 30.8 Å². The molecular formula is C38H49N5O9S. The number of rotatable bonds is 7. The Hall–Kier alpha value is -4.40. The highest BCUT2D eigenvalue weighted by molar-refractivity contribution is 7.91. The van der Waals surface area contributed by atoms with Gasteiger partial charge in [0, 0.05) is 23.3 Å². The van der Waals surface area contributed by atoms with Gasteiger partial charge in [-0.1, -0.05) is 50.6 Å². The highest BCUT2D eigenvalue weighted by Crippen LogP contribution is 2.48. The van der Waals surface area contributed by atoms with E-state index in [0.29, 0.717) is 50.5 Å². The Morgan fingerprint density at radius 2 is 1.92 bits per heavy atom. The summed E-state index contributed by atoms with van der Waals surface area (Å²) < 4.78 is 40.0. The number of hydrogen-bond donors (Lipinski definition) is 4. The van der Waals surface area contributed by atoms with Crippen molar-refractivity contribution in [1.82, 2.24) is 25.2 Å². The van der Waals surface area contributed by atoms with Crippen molar-refractivity contribution in [2.75, 3.05) is 13.2 Å². The molecule has 1 saturated heterocycles. The largest absolute Gasteiger partial charge is 0.477 e. The van der Waals surface area contributed by atoms with Crippen molar-refractivity contribution in [3.8, 4) is 11.8 Å². The summed E-state index contributed by atoms with van der Waals surface area (Å²) in [6.07, 6.45) is 6.97. The van der Waals surface area contributed by atoms with Gasteiger partial charge in [-0.3, -0.25) is 19.1 Å². The fourth-order valence-electron chi connectivity index (χ4n) is 8.24. The van der Waals surface area contributed by atoms with E-state index in [0.717, 1.165) is 35.6 Å². The van der Waals surface area contributed by atoms with E-state index in [-0.39, 0.29) is 31.2 Å². The zero-order chi connectivity index (χ0) is 37.7. The molecule has 2 saturated carbocycles. The van der Waals surface area contributed by atoms with Crippen LogP contribution in [0.1, 0.15) is 84.1 Å². The molecular weight excluding hydrogens is 703 g/mol. The van der Waals surface area contributed by atoms with Crippen molar-refractivity contribution >= 4 is 44.6 Å². The number of aryl methyl sites for hydroxylation is 1. The molecule has 286 valence electrons. The van der Waals surface area contributed by atoms with E-state index in [9.17, 15) is 32.7 Å². The van der Waals surface area contributed by atoms with E-state index in [4.69, 9.17) is 14.5 Å². The van der Waals surface area contributed by atoms with Crippen molar-refractivity contribution in [3.05, 3.63) is 42.0 Å². The monoisotopic (exact) mass is 751 g/mol. The van der Waals surface area contributed by atoms with Crippen molar-refractivity contribution in [2.24, 2.45) is 17.8 Å². The number of ether oxygens (including phenoxy) is 2. The van der Waals surface area contributed by atoms with Crippen LogP contribution in [-0.4, -0.2) is 88.8 Å². The van der Waals surface area contributed by atoms with Crippen molar-refractivity contribution in [2.45, 2.75) is 113 Å². The normalized spacial score (nSPS) is 31.6. The summed E-state index contributed by atoms with van der Waals surface area (Å²) in [5, 5.41) is 16.9. The third-order valence-electron chi connectivity index (χ3n) is 11.9. The van der Waals surface area contributed by atoms with Crippen LogP contribution in [0.25, 0.3) is 10.8 Å². The average molecular weight is 752 g/mol. The Morgan fingerprint density at radius 3 is 2.64 bits per heavy atom. The molecule has 5 aliphatic rings. The van der Waals surface area contributed by atoms with Crippen LogP contribution >= 0.6 is 0 Å². The molecule has 3 aliphatic heterocycles. The lowest BCUT2D eigenvalue weighted by atomic mass is 9.85. The SMILES string of the molecule is CC[C@@H]1C[C@H](C)CC/C=C\[C@@H]2C[C@@]2(C(=O)NS(=O)(=O)C2(C)CC2)NC(=O)[C@@H]2C[C@@H](Oc3nc4c(c5ccccc35)CCCO4)CN2C(=O)[C@H]1NC(=O)O. The van der Waals surface area contributed by atoms with Crippen molar-refractivity contribution in [3.63, 3.8) is 0 Å². The summed E-state index contributed by atoms with van der Waals surface area (Å²) in [4.78, 5) is 61.1. The number of carbonyl (C=O) groups is 4. The molecule has 0 unspecified atom stereocenters. The average Bonchev–Trinajstić information content (AvgIpc) is 4.01. The van der Waals surface area contributed by atoms with Crippen LogP contribution in [0.15, 0.2) is 36.4 Å². The predicted octanol–water partition coefficient (Wildman–Crippen LogP) is 3.82. The number of carbonyl (C=O) groups excluding carboxylic acids is 3. The van der Waals surface area contributed by atoms with E-state index in [1.54, 1.807) is 6.92 Å². The Balaban J connectivity index is 1.24. The van der Waals surface area contributed by atoms with E-state index >= 15 is 0 Å². The lowest BCUT2D eigenvalue weighted by molar-refractivity contribution is -0.142. The summed E-state index contributed by atoms with van der Waals surface area (Å²) >= 11 is 0. The number of nitrogens with zero attached hydrogens (tertiary/aromatic N) is 2. The van der Waals surface area contributed by atoms with Gasteiger partial charge in [0.15, 0.2) is 0 Å². The van der Waals surface area contributed by atoms with Crippen LogP contribution in [0.2, 0.25) is 0 Å². The maximum atomic E-state index is 14.6. The van der Waals surface area contributed by atoms with E-state index in [1.165, 1.54) is 4.90 Å². The minimum Gasteiger partial charge on any atom is -0.477 e. The molecule has 3 fully saturated rings. The molecule has 0 bridgehead atoms. The molecule has 2 aromatic rings. The van der Waals surface area contributed by atoms with Gasteiger partial charge < -0.3 is 30.1 Å². The number of allylic oxidation sites excluding steroid dienone is 1. The Labute approximate surface area is 309 Å². The van der Waals surface area contributed by atoms with E-state index in [2.05, 4.69) is 22.3 Å². The summed E-state index contributed by atoms with van der Waals surface area (Å²) in [5.74, 6) is -1.92. The first-order valence-electron chi connectivity index (χ1n) is 18.8. The first kappa shape index (κ1) is 36.9. The molecule has 53 heavy (non-hydrogen) atoms. The molecule has 7 atom stereocenters. The summed E-state index contributed by atoms with van der Waals surface area (Å²) in [6, 6.07) is 5.40. The maximum absolute atomic E-state index is 14.6. The lowest BCUT2D eigenvalue weighted by Gasteiger charge is -2.33. The van der Waals surface area contributed by atoms with E-state index < -0.39 is 68.2 Å². The van der Waals surface area contributed by atoms with Gasteiger partial charge in [0.1, 0.15) is 23.7 Å². The number of benzene rings is 1. The van der Waals surface area contributed by atoms with Crippen LogP contribution in [0.3, 0.4) is 0 Å². The summed E-state index contributed by atoms with van der Waals surface area (Å²) in [6.45, 7) is 6.02. The zero-order valence-corrected chi connectivity index (χ0v) is 31.2. The molecule has 4 amide bonds. The van der Waals surface area contributed by atoms with Crippen LogP contribution in [0, 0.1) is 17.8 Å². The molecule has 0 radical (unpaired) electrons. The molecule has 14 nitrogen and oxygen atoms in total. The topological polar surface area (TPSA) is 193 Å².